The third-order valence-electron chi connectivity index (χ3n) is 4.29. The molecule has 0 N–H and O–H groups in total. The van der Waals surface area contributed by atoms with E-state index in [1.165, 1.54) is 6.08 Å². The summed E-state index contributed by atoms with van der Waals surface area (Å²) >= 11 is 8.17. The third-order valence-corrected chi connectivity index (χ3v) is 5.18. The van der Waals surface area contributed by atoms with Crippen LogP contribution in [-0.4, -0.2) is 22.5 Å². The first-order valence-corrected chi connectivity index (χ1v) is 10.1. The molecule has 6 heteroatoms. The molecular formula is C22H15ClIN3O. The van der Waals surface area contributed by atoms with Crippen LogP contribution in [0.3, 0.4) is 0 Å². The zero-order chi connectivity index (χ0) is 19.5. The van der Waals surface area contributed by atoms with Gasteiger partial charge in [-0.05, 0) is 64.1 Å². The Morgan fingerprint density at radius 3 is 2.75 bits per heavy atom. The molecule has 2 aromatic carbocycles. The normalized spacial score (nSPS) is 17.1. The molecule has 0 bridgehead atoms. The Morgan fingerprint density at radius 1 is 1.14 bits per heavy atom. The molecule has 4 rings (SSSR count). The lowest BCUT2D eigenvalue weighted by Crippen LogP contribution is -2.24. The molecule has 0 fully saturated rings. The van der Waals surface area contributed by atoms with E-state index >= 15 is 0 Å². The maximum Gasteiger partial charge on any atom is 0.271 e. The van der Waals surface area contributed by atoms with Gasteiger partial charge in [-0.15, -0.1) is 0 Å². The average molecular weight is 500 g/mol. The Hall–Kier alpha value is -2.51. The van der Waals surface area contributed by atoms with Crippen LogP contribution in [0, 0.1) is 0 Å². The van der Waals surface area contributed by atoms with E-state index in [-0.39, 0.29) is 5.91 Å². The van der Waals surface area contributed by atoms with Crippen molar-refractivity contribution < 1.29 is 4.79 Å². The molecule has 0 radical (unpaired) electrons. The van der Waals surface area contributed by atoms with Crippen LogP contribution < -0.4 is 0 Å². The molecule has 4 nitrogen and oxygen atoms in total. The minimum Gasteiger partial charge on any atom is -0.327 e. The molecule has 0 unspecified atom stereocenters. The van der Waals surface area contributed by atoms with Crippen molar-refractivity contribution in [3.8, 4) is 0 Å². The van der Waals surface area contributed by atoms with Gasteiger partial charge in [-0.2, -0.15) is 4.99 Å². The third kappa shape index (κ3) is 4.31. The first kappa shape index (κ1) is 18.8. The molecule has 138 valence electrons. The Kier molecular flexibility index (Phi) is 5.54. The molecular weight excluding hydrogens is 485 g/mol. The van der Waals surface area contributed by atoms with Crippen molar-refractivity contribution in [3.05, 3.63) is 98.3 Å². The Balaban J connectivity index is 1.68. The van der Waals surface area contributed by atoms with Crippen molar-refractivity contribution in [2.24, 2.45) is 9.98 Å². The molecule has 2 aromatic rings. The van der Waals surface area contributed by atoms with Gasteiger partial charge < -0.3 is 4.90 Å². The Bertz CT molecular complexity index is 1080. The van der Waals surface area contributed by atoms with E-state index in [9.17, 15) is 4.79 Å². The number of amides is 1. The summed E-state index contributed by atoms with van der Waals surface area (Å²) in [6, 6.07) is 15.2. The number of nitrogens with zero attached hydrogens (tertiary/aromatic N) is 3. The Labute approximate surface area is 181 Å². The van der Waals surface area contributed by atoms with Crippen LogP contribution >= 0.6 is 34.2 Å². The highest BCUT2D eigenvalue weighted by molar-refractivity contribution is 14.1. The van der Waals surface area contributed by atoms with E-state index in [4.69, 9.17) is 11.6 Å². The highest BCUT2D eigenvalue weighted by Gasteiger charge is 2.21. The number of carbonyl (C=O) groups is 1. The summed E-state index contributed by atoms with van der Waals surface area (Å²) in [4.78, 5) is 23.5. The average Bonchev–Trinajstić information content (AvgIpc) is 2.84. The van der Waals surface area contributed by atoms with Crippen molar-refractivity contribution >= 4 is 57.8 Å². The molecule has 0 saturated carbocycles. The molecule has 0 spiro atoms. The fraction of sp³-hybridized carbons (Fsp3) is 0.0455. The molecule has 28 heavy (non-hydrogen) atoms. The van der Waals surface area contributed by atoms with Gasteiger partial charge in [0.05, 0.1) is 0 Å². The van der Waals surface area contributed by atoms with E-state index < -0.39 is 0 Å². The summed E-state index contributed by atoms with van der Waals surface area (Å²) in [5, 5.41) is 0.656. The van der Waals surface area contributed by atoms with Crippen molar-refractivity contribution in [2.45, 2.75) is 6.54 Å². The zero-order valence-electron chi connectivity index (χ0n) is 14.7. The number of allylic oxidation sites excluding steroid dienone is 2. The second-order valence-corrected chi connectivity index (χ2v) is 7.94. The monoisotopic (exact) mass is 499 g/mol. The van der Waals surface area contributed by atoms with Gasteiger partial charge in [0.15, 0.2) is 5.84 Å². The molecule has 2 aliphatic rings. The second-order valence-electron chi connectivity index (χ2n) is 6.26. The standard InChI is InChI=1S/C22H15ClIN3O/c23-17-8-5-15(6-9-17)7-12-21(28)26-22-19-4-2-1-3-16(19)13-27-14-18(24)10-11-20(27)25-22/h1-12,14H,13H2. The van der Waals surface area contributed by atoms with Gasteiger partial charge >= 0.3 is 0 Å². The summed E-state index contributed by atoms with van der Waals surface area (Å²) in [6.45, 7) is 0.680. The number of rotatable bonds is 2. The lowest BCUT2D eigenvalue weighted by atomic mass is 10.1. The van der Waals surface area contributed by atoms with Crippen molar-refractivity contribution in [3.63, 3.8) is 0 Å². The predicted octanol–water partition coefficient (Wildman–Crippen LogP) is 5.39. The first-order valence-electron chi connectivity index (χ1n) is 8.64. The van der Waals surface area contributed by atoms with E-state index in [0.717, 1.165) is 26.1 Å². The summed E-state index contributed by atoms with van der Waals surface area (Å²) in [6.07, 6.45) is 9.14. The highest BCUT2D eigenvalue weighted by atomic mass is 127. The van der Waals surface area contributed by atoms with E-state index in [1.807, 2.05) is 54.8 Å². The number of carbonyl (C=O) groups excluding carboxylic acids is 1. The van der Waals surface area contributed by atoms with E-state index in [2.05, 4.69) is 37.5 Å². The predicted molar refractivity (Wildman–Crippen MR) is 123 cm³/mol. The maximum atomic E-state index is 12.5. The number of benzene rings is 2. The lowest BCUT2D eigenvalue weighted by Gasteiger charge is -2.21. The van der Waals surface area contributed by atoms with Gasteiger partial charge in [0.2, 0.25) is 0 Å². The number of hydrogen-bond donors (Lipinski definition) is 0. The summed E-state index contributed by atoms with van der Waals surface area (Å²) in [5.41, 5.74) is 2.83. The van der Waals surface area contributed by atoms with Gasteiger partial charge in [-0.3, -0.25) is 4.79 Å². The highest BCUT2D eigenvalue weighted by Crippen LogP contribution is 2.24. The fourth-order valence-electron chi connectivity index (χ4n) is 2.93. The van der Waals surface area contributed by atoms with Crippen molar-refractivity contribution in [2.75, 3.05) is 0 Å². The van der Waals surface area contributed by atoms with Crippen LogP contribution in [0.4, 0.5) is 0 Å². The van der Waals surface area contributed by atoms with Gasteiger partial charge in [0.1, 0.15) is 5.84 Å². The summed E-state index contributed by atoms with van der Waals surface area (Å²) in [7, 11) is 0. The molecule has 0 aromatic heterocycles. The number of amidine groups is 2. The van der Waals surface area contributed by atoms with Crippen molar-refractivity contribution in [1.82, 2.24) is 4.90 Å². The minimum atomic E-state index is -0.359. The van der Waals surface area contributed by atoms with Gasteiger partial charge in [0, 0.05) is 33.0 Å². The van der Waals surface area contributed by atoms with Crippen LogP contribution in [0.1, 0.15) is 16.7 Å². The molecule has 0 atom stereocenters. The van der Waals surface area contributed by atoms with Gasteiger partial charge in [0.25, 0.3) is 5.91 Å². The summed E-state index contributed by atoms with van der Waals surface area (Å²) in [5.74, 6) is 0.834. The van der Waals surface area contributed by atoms with Crippen molar-refractivity contribution in [1.29, 1.82) is 0 Å². The number of fused-ring (bicyclic) bond motifs is 2. The van der Waals surface area contributed by atoms with Crippen LogP contribution in [0.25, 0.3) is 6.08 Å². The van der Waals surface area contributed by atoms with Gasteiger partial charge in [-0.25, -0.2) is 4.99 Å². The van der Waals surface area contributed by atoms with E-state index in [1.54, 1.807) is 18.2 Å². The molecule has 2 heterocycles. The summed E-state index contributed by atoms with van der Waals surface area (Å²) < 4.78 is 1.12. The molecule has 2 aliphatic heterocycles. The smallest absolute Gasteiger partial charge is 0.271 e. The van der Waals surface area contributed by atoms with Gasteiger partial charge in [-0.1, -0.05) is 48.0 Å². The molecule has 1 amide bonds. The van der Waals surface area contributed by atoms with Crippen LogP contribution in [0.2, 0.25) is 5.02 Å². The number of hydrogen-bond acceptors (Lipinski definition) is 2. The van der Waals surface area contributed by atoms with Crippen LogP contribution in [0.5, 0.6) is 0 Å². The number of halogens is 2. The largest absolute Gasteiger partial charge is 0.327 e. The van der Waals surface area contributed by atoms with E-state index in [0.29, 0.717) is 17.4 Å². The minimum absolute atomic E-state index is 0.359. The molecule has 0 aliphatic carbocycles. The topological polar surface area (TPSA) is 45.0 Å². The zero-order valence-corrected chi connectivity index (χ0v) is 17.6. The second kappa shape index (κ2) is 8.24. The van der Waals surface area contributed by atoms with Crippen LogP contribution in [-0.2, 0) is 11.3 Å². The quantitative estimate of drug-likeness (QED) is 0.411. The maximum absolute atomic E-state index is 12.5. The SMILES string of the molecule is O=C(C=Cc1ccc(Cl)cc1)N=C1N=C2C=CC(I)=CN2Cc2ccccc21. The fourth-order valence-corrected chi connectivity index (χ4v) is 3.57. The number of aliphatic imine (C=N–C) groups is 2. The lowest BCUT2D eigenvalue weighted by molar-refractivity contribution is -0.113. The molecule has 0 saturated heterocycles. The Morgan fingerprint density at radius 2 is 1.93 bits per heavy atom. The van der Waals surface area contributed by atoms with Crippen LogP contribution in [0.15, 0.2) is 86.5 Å². The first-order chi connectivity index (χ1) is 13.6.